The normalized spacial score (nSPS) is 11.4. The van der Waals surface area contributed by atoms with E-state index in [1.54, 1.807) is 0 Å². The maximum absolute atomic E-state index is 11.8. The Kier molecular flexibility index (Phi) is 4.55. The molecule has 0 aliphatic rings. The number of ether oxygens (including phenoxy) is 1. The number of hydrogen-bond donors (Lipinski definition) is 0. The van der Waals surface area contributed by atoms with Crippen molar-refractivity contribution in [3.63, 3.8) is 0 Å². The molecule has 0 aliphatic heterocycles. The molecule has 0 radical (unpaired) electrons. The predicted octanol–water partition coefficient (Wildman–Crippen LogP) is 4.34. The number of hydrogen-bond acceptors (Lipinski definition) is 2. The first-order valence-electron chi connectivity index (χ1n) is 6.47. The highest BCUT2D eigenvalue weighted by atomic mass is 16.5. The smallest absolute Gasteiger partial charge is 0.311 e. The number of benzene rings is 1. The first-order valence-corrected chi connectivity index (χ1v) is 6.47. The second-order valence-electron chi connectivity index (χ2n) is 6.26. The second kappa shape index (κ2) is 5.55. The molecular formula is C16H24O2. The Morgan fingerprint density at radius 2 is 1.61 bits per heavy atom. The van der Waals surface area contributed by atoms with Crippen LogP contribution in [0.4, 0.5) is 0 Å². The van der Waals surface area contributed by atoms with Crippen LogP contribution in [0.1, 0.15) is 50.3 Å². The van der Waals surface area contributed by atoms with Gasteiger partial charge < -0.3 is 4.74 Å². The Hall–Kier alpha value is -1.31. The van der Waals surface area contributed by atoms with Gasteiger partial charge in [0.2, 0.25) is 0 Å². The summed E-state index contributed by atoms with van der Waals surface area (Å²) in [4.78, 5) is 11.8. The molecule has 1 aromatic rings. The zero-order valence-corrected chi connectivity index (χ0v) is 12.4. The molecular weight excluding hydrogens is 224 g/mol. The first-order chi connectivity index (χ1) is 8.19. The minimum Gasteiger partial charge on any atom is -0.426 e. The van der Waals surface area contributed by atoms with E-state index in [0.29, 0.717) is 6.42 Å². The molecule has 0 heterocycles. The average molecular weight is 248 g/mol. The van der Waals surface area contributed by atoms with E-state index in [4.69, 9.17) is 4.74 Å². The molecule has 0 atom stereocenters. The highest BCUT2D eigenvalue weighted by Gasteiger charge is 2.15. The van der Waals surface area contributed by atoms with Gasteiger partial charge in [0.05, 0.1) is 0 Å². The molecule has 0 amide bonds. The third-order valence-electron chi connectivity index (χ3n) is 2.90. The van der Waals surface area contributed by atoms with Gasteiger partial charge in [0, 0.05) is 6.42 Å². The van der Waals surface area contributed by atoms with Crippen LogP contribution in [0, 0.1) is 26.2 Å². The summed E-state index contributed by atoms with van der Waals surface area (Å²) in [6.45, 7) is 12.4. The van der Waals surface area contributed by atoms with Crippen LogP contribution in [0.25, 0.3) is 0 Å². The maximum Gasteiger partial charge on any atom is 0.311 e. The highest BCUT2D eigenvalue weighted by Crippen LogP contribution is 2.26. The van der Waals surface area contributed by atoms with Crippen LogP contribution in [-0.4, -0.2) is 5.97 Å². The molecule has 1 aromatic carbocycles. The monoisotopic (exact) mass is 248 g/mol. The van der Waals surface area contributed by atoms with E-state index in [9.17, 15) is 4.79 Å². The Morgan fingerprint density at radius 1 is 1.11 bits per heavy atom. The summed E-state index contributed by atoms with van der Waals surface area (Å²) in [5.74, 6) is 0.583. The van der Waals surface area contributed by atoms with Crippen LogP contribution in [0.3, 0.4) is 0 Å². The molecule has 0 spiro atoms. The first kappa shape index (κ1) is 14.7. The van der Waals surface area contributed by atoms with Crippen molar-refractivity contribution in [2.75, 3.05) is 0 Å². The molecule has 0 aromatic heterocycles. The summed E-state index contributed by atoms with van der Waals surface area (Å²) in [5, 5.41) is 0. The summed E-state index contributed by atoms with van der Waals surface area (Å²) in [6, 6.07) is 4.08. The summed E-state index contributed by atoms with van der Waals surface area (Å²) < 4.78 is 5.49. The van der Waals surface area contributed by atoms with Gasteiger partial charge in [-0.3, -0.25) is 4.79 Å². The lowest BCUT2D eigenvalue weighted by molar-refractivity contribution is -0.135. The average Bonchev–Trinajstić information content (AvgIpc) is 2.19. The van der Waals surface area contributed by atoms with E-state index in [1.807, 2.05) is 32.9 Å². The zero-order valence-electron chi connectivity index (χ0n) is 12.4. The summed E-state index contributed by atoms with van der Waals surface area (Å²) in [7, 11) is 0. The van der Waals surface area contributed by atoms with Crippen LogP contribution < -0.4 is 4.74 Å². The predicted molar refractivity (Wildman–Crippen MR) is 75.0 cm³/mol. The van der Waals surface area contributed by atoms with E-state index in [0.717, 1.165) is 23.3 Å². The molecule has 2 nitrogen and oxygen atoms in total. The fourth-order valence-electron chi connectivity index (χ4n) is 1.97. The summed E-state index contributed by atoms with van der Waals surface area (Å²) in [6.07, 6.45) is 1.31. The fourth-order valence-corrected chi connectivity index (χ4v) is 1.97. The Morgan fingerprint density at radius 3 is 2.06 bits per heavy atom. The van der Waals surface area contributed by atoms with Gasteiger partial charge in [0.1, 0.15) is 5.75 Å². The molecule has 18 heavy (non-hydrogen) atoms. The van der Waals surface area contributed by atoms with Crippen molar-refractivity contribution in [3.05, 3.63) is 28.8 Å². The molecule has 0 aliphatic carbocycles. The Labute approximate surface area is 110 Å². The van der Waals surface area contributed by atoms with Crippen molar-refractivity contribution in [2.45, 2.75) is 54.4 Å². The van der Waals surface area contributed by atoms with E-state index >= 15 is 0 Å². The van der Waals surface area contributed by atoms with E-state index in [2.05, 4.69) is 20.8 Å². The zero-order chi connectivity index (χ0) is 13.9. The van der Waals surface area contributed by atoms with E-state index in [1.165, 1.54) is 5.56 Å². The van der Waals surface area contributed by atoms with Gasteiger partial charge in [0.15, 0.2) is 0 Å². The molecule has 0 bridgehead atoms. The molecule has 0 N–H and O–H groups in total. The van der Waals surface area contributed by atoms with Gasteiger partial charge in [-0.15, -0.1) is 0 Å². The molecule has 1 rings (SSSR count). The van der Waals surface area contributed by atoms with Gasteiger partial charge in [-0.25, -0.2) is 0 Å². The molecule has 0 saturated heterocycles. The van der Waals surface area contributed by atoms with Crippen LogP contribution in [0.2, 0.25) is 0 Å². The summed E-state index contributed by atoms with van der Waals surface area (Å²) in [5.41, 5.74) is 3.41. The van der Waals surface area contributed by atoms with Gasteiger partial charge in [-0.1, -0.05) is 38.5 Å². The molecule has 2 heteroatoms. The van der Waals surface area contributed by atoms with Gasteiger partial charge in [-0.2, -0.15) is 0 Å². The van der Waals surface area contributed by atoms with Crippen molar-refractivity contribution in [1.82, 2.24) is 0 Å². The Balaban J connectivity index is 2.71. The maximum atomic E-state index is 11.8. The molecule has 0 unspecified atom stereocenters. The topological polar surface area (TPSA) is 26.3 Å². The summed E-state index contributed by atoms with van der Waals surface area (Å²) >= 11 is 0. The van der Waals surface area contributed by atoms with Crippen LogP contribution in [-0.2, 0) is 4.79 Å². The van der Waals surface area contributed by atoms with E-state index in [-0.39, 0.29) is 11.4 Å². The number of carbonyl (C=O) groups is 1. The van der Waals surface area contributed by atoms with Crippen LogP contribution in [0.15, 0.2) is 12.1 Å². The molecule has 0 saturated carbocycles. The van der Waals surface area contributed by atoms with Crippen molar-refractivity contribution in [2.24, 2.45) is 5.41 Å². The van der Waals surface area contributed by atoms with Gasteiger partial charge in [0.25, 0.3) is 0 Å². The second-order valence-corrected chi connectivity index (χ2v) is 6.26. The highest BCUT2D eigenvalue weighted by molar-refractivity contribution is 5.73. The lowest BCUT2D eigenvalue weighted by atomic mass is 9.91. The van der Waals surface area contributed by atoms with Gasteiger partial charge in [-0.05, 0) is 43.7 Å². The number of aryl methyl sites for hydroxylation is 3. The van der Waals surface area contributed by atoms with Crippen molar-refractivity contribution in [3.8, 4) is 5.75 Å². The van der Waals surface area contributed by atoms with Crippen molar-refractivity contribution < 1.29 is 9.53 Å². The number of esters is 1. The quantitative estimate of drug-likeness (QED) is 0.587. The third-order valence-corrected chi connectivity index (χ3v) is 2.90. The third kappa shape index (κ3) is 4.52. The largest absolute Gasteiger partial charge is 0.426 e. The lowest BCUT2D eigenvalue weighted by Crippen LogP contribution is -2.14. The SMILES string of the molecule is Cc1cc(C)c(OC(=O)CCC(C)(C)C)c(C)c1. The van der Waals surface area contributed by atoms with Crippen LogP contribution in [0.5, 0.6) is 5.75 Å². The van der Waals surface area contributed by atoms with Crippen molar-refractivity contribution >= 4 is 5.97 Å². The molecule has 0 fully saturated rings. The Bertz CT molecular complexity index is 416. The minimum absolute atomic E-state index is 0.139. The van der Waals surface area contributed by atoms with E-state index < -0.39 is 0 Å². The number of carbonyl (C=O) groups excluding carboxylic acids is 1. The minimum atomic E-state index is -0.139. The molecule has 100 valence electrons. The lowest BCUT2D eigenvalue weighted by Gasteiger charge is -2.17. The van der Waals surface area contributed by atoms with Crippen molar-refractivity contribution in [1.29, 1.82) is 0 Å². The van der Waals surface area contributed by atoms with Crippen LogP contribution >= 0.6 is 0 Å². The fraction of sp³-hybridized carbons (Fsp3) is 0.562. The standard InChI is InChI=1S/C16H24O2/c1-11-9-12(2)15(13(3)10-11)18-14(17)7-8-16(4,5)6/h9-10H,7-8H2,1-6H3. The number of rotatable bonds is 3. The van der Waals surface area contributed by atoms with Gasteiger partial charge >= 0.3 is 5.97 Å².